The third-order valence-corrected chi connectivity index (χ3v) is 7.29. The number of hydrogen-bond donors (Lipinski definition) is 2. The van der Waals surface area contributed by atoms with E-state index in [1.54, 1.807) is 10.7 Å². The van der Waals surface area contributed by atoms with Crippen molar-refractivity contribution in [2.45, 2.75) is 31.6 Å². The van der Waals surface area contributed by atoms with Crippen LogP contribution in [0.15, 0.2) is 12.4 Å². The molecule has 3 aromatic rings. The van der Waals surface area contributed by atoms with Crippen LogP contribution in [-0.4, -0.2) is 74.9 Å². The largest absolute Gasteiger partial charge is 0.367 e. The standard InChI is InChI=1S/C18H25N9O2S/c1-30(28,29)26-8-4-12(5-9-26)16-22-14(13-10-20-21-11-13)15(25-6-2-3-7-25)17-23-18(19)24-27(16)17/h10-12H,2-9H2,1H3,(H2,19,24)(H,20,21). The van der Waals surface area contributed by atoms with Crippen molar-refractivity contribution in [2.75, 3.05) is 43.1 Å². The van der Waals surface area contributed by atoms with E-state index in [0.717, 1.165) is 48.7 Å². The number of piperidine rings is 1. The van der Waals surface area contributed by atoms with Crippen molar-refractivity contribution in [1.29, 1.82) is 0 Å². The van der Waals surface area contributed by atoms with Crippen LogP contribution in [0.1, 0.15) is 37.4 Å². The number of hydrogen-bond acceptors (Lipinski definition) is 8. The molecule has 0 bridgehead atoms. The number of sulfonamides is 1. The Balaban J connectivity index is 1.64. The van der Waals surface area contributed by atoms with Gasteiger partial charge in [-0.2, -0.15) is 14.6 Å². The second-order valence-corrected chi connectivity index (χ2v) is 9.97. The molecule has 2 fully saturated rings. The number of aromatic nitrogens is 6. The first-order valence-electron chi connectivity index (χ1n) is 10.2. The molecule has 0 spiro atoms. The Labute approximate surface area is 174 Å². The zero-order valence-corrected chi connectivity index (χ0v) is 17.6. The lowest BCUT2D eigenvalue weighted by Gasteiger charge is -2.30. The molecule has 3 N–H and O–H groups in total. The number of H-pyrrole nitrogens is 1. The molecule has 12 heteroatoms. The van der Waals surface area contributed by atoms with Gasteiger partial charge >= 0.3 is 0 Å². The van der Waals surface area contributed by atoms with E-state index in [4.69, 9.17) is 10.7 Å². The first-order chi connectivity index (χ1) is 14.4. The van der Waals surface area contributed by atoms with Crippen LogP contribution in [0.2, 0.25) is 0 Å². The number of anilines is 2. The fourth-order valence-electron chi connectivity index (χ4n) is 4.49. The SMILES string of the molecule is CS(=O)(=O)N1CCC(c2nc(-c3cn[nH]c3)c(N3CCCC3)c3nc(N)nn23)CC1. The van der Waals surface area contributed by atoms with E-state index in [2.05, 4.69) is 25.2 Å². The van der Waals surface area contributed by atoms with Crippen molar-refractivity contribution in [2.24, 2.45) is 0 Å². The number of nitrogens with two attached hydrogens (primary N) is 1. The highest BCUT2D eigenvalue weighted by molar-refractivity contribution is 7.88. The fraction of sp³-hybridized carbons (Fsp3) is 0.556. The molecule has 3 aromatic heterocycles. The maximum atomic E-state index is 11.9. The molecular weight excluding hydrogens is 406 g/mol. The summed E-state index contributed by atoms with van der Waals surface area (Å²) >= 11 is 0. The maximum absolute atomic E-state index is 11.9. The van der Waals surface area contributed by atoms with Crippen LogP contribution in [0.25, 0.3) is 16.9 Å². The first-order valence-corrected chi connectivity index (χ1v) is 12.0. The Morgan fingerprint density at radius 1 is 1.13 bits per heavy atom. The van der Waals surface area contributed by atoms with Gasteiger partial charge in [-0.25, -0.2) is 17.7 Å². The summed E-state index contributed by atoms with van der Waals surface area (Å²) in [6, 6.07) is 0. The summed E-state index contributed by atoms with van der Waals surface area (Å²) in [4.78, 5) is 11.9. The molecule has 30 heavy (non-hydrogen) atoms. The minimum atomic E-state index is -3.19. The zero-order valence-electron chi connectivity index (χ0n) is 16.8. The van der Waals surface area contributed by atoms with Crippen LogP contribution in [-0.2, 0) is 10.0 Å². The molecule has 0 unspecified atom stereocenters. The highest BCUT2D eigenvalue weighted by Gasteiger charge is 2.31. The average molecular weight is 432 g/mol. The molecule has 2 saturated heterocycles. The van der Waals surface area contributed by atoms with Crippen LogP contribution < -0.4 is 10.6 Å². The summed E-state index contributed by atoms with van der Waals surface area (Å²) in [6.45, 7) is 2.79. The Hall–Kier alpha value is -2.73. The molecule has 5 rings (SSSR count). The van der Waals surface area contributed by atoms with Gasteiger partial charge in [0.05, 0.1) is 12.5 Å². The molecule has 0 amide bonds. The van der Waals surface area contributed by atoms with E-state index < -0.39 is 10.0 Å². The van der Waals surface area contributed by atoms with Gasteiger partial charge in [0.2, 0.25) is 16.0 Å². The second-order valence-electron chi connectivity index (χ2n) is 7.99. The van der Waals surface area contributed by atoms with Crippen LogP contribution in [0.4, 0.5) is 11.6 Å². The van der Waals surface area contributed by atoms with Gasteiger partial charge < -0.3 is 10.6 Å². The maximum Gasteiger partial charge on any atom is 0.240 e. The van der Waals surface area contributed by atoms with Crippen LogP contribution in [0, 0.1) is 0 Å². The number of aromatic amines is 1. The van der Waals surface area contributed by atoms with Crippen LogP contribution >= 0.6 is 0 Å². The van der Waals surface area contributed by atoms with Gasteiger partial charge in [0.15, 0.2) is 5.65 Å². The third-order valence-electron chi connectivity index (χ3n) is 5.99. The molecule has 0 aromatic carbocycles. The summed E-state index contributed by atoms with van der Waals surface area (Å²) < 4.78 is 27.1. The quantitative estimate of drug-likeness (QED) is 0.619. The van der Waals surface area contributed by atoms with Crippen molar-refractivity contribution in [3.05, 3.63) is 18.2 Å². The van der Waals surface area contributed by atoms with E-state index in [-0.39, 0.29) is 11.9 Å². The molecule has 0 radical (unpaired) electrons. The Morgan fingerprint density at radius 2 is 1.87 bits per heavy atom. The molecule has 0 atom stereocenters. The molecule has 160 valence electrons. The molecule has 5 heterocycles. The second kappa shape index (κ2) is 7.20. The van der Waals surface area contributed by atoms with Crippen molar-refractivity contribution in [3.63, 3.8) is 0 Å². The number of rotatable bonds is 4. The van der Waals surface area contributed by atoms with Gasteiger partial charge in [-0.15, -0.1) is 5.10 Å². The molecule has 2 aliphatic heterocycles. The van der Waals surface area contributed by atoms with E-state index in [1.807, 2.05) is 6.20 Å². The summed E-state index contributed by atoms with van der Waals surface area (Å²) in [7, 11) is -3.19. The fourth-order valence-corrected chi connectivity index (χ4v) is 5.36. The van der Waals surface area contributed by atoms with Gasteiger partial charge in [0.1, 0.15) is 17.2 Å². The first kappa shape index (κ1) is 19.2. The summed E-state index contributed by atoms with van der Waals surface area (Å²) in [6.07, 6.45) is 8.41. The summed E-state index contributed by atoms with van der Waals surface area (Å²) in [5, 5.41) is 11.4. The van der Waals surface area contributed by atoms with Gasteiger partial charge in [-0.05, 0) is 25.7 Å². The topological polar surface area (TPSA) is 138 Å². The summed E-state index contributed by atoms with van der Waals surface area (Å²) in [5.74, 6) is 1.03. The molecule has 2 aliphatic rings. The number of nitrogen functional groups attached to an aromatic ring is 1. The molecule has 0 saturated carbocycles. The number of fused-ring (bicyclic) bond motifs is 1. The van der Waals surface area contributed by atoms with Gasteiger partial charge in [0.25, 0.3) is 0 Å². The van der Waals surface area contributed by atoms with E-state index in [9.17, 15) is 8.42 Å². The van der Waals surface area contributed by atoms with Gasteiger partial charge in [-0.1, -0.05) is 0 Å². The van der Waals surface area contributed by atoms with Gasteiger partial charge in [-0.3, -0.25) is 5.10 Å². The third kappa shape index (κ3) is 3.29. The van der Waals surface area contributed by atoms with Crippen LogP contribution in [0.5, 0.6) is 0 Å². The van der Waals surface area contributed by atoms with Crippen molar-refractivity contribution < 1.29 is 8.42 Å². The zero-order chi connectivity index (χ0) is 20.9. The van der Waals surface area contributed by atoms with E-state index in [0.29, 0.717) is 31.6 Å². The predicted molar refractivity (Wildman–Crippen MR) is 113 cm³/mol. The predicted octanol–water partition coefficient (Wildman–Crippen LogP) is 0.836. The normalized spacial score (nSPS) is 19.2. The summed E-state index contributed by atoms with van der Waals surface area (Å²) in [5.41, 5.74) is 9.33. The van der Waals surface area contributed by atoms with E-state index in [1.165, 1.54) is 10.6 Å². The molecular formula is C18H25N9O2S. The lowest BCUT2D eigenvalue weighted by atomic mass is 9.96. The highest BCUT2D eigenvalue weighted by Crippen LogP contribution is 2.38. The minimum Gasteiger partial charge on any atom is -0.367 e. The minimum absolute atomic E-state index is 0.0601. The smallest absolute Gasteiger partial charge is 0.240 e. The average Bonchev–Trinajstić information content (AvgIpc) is 3.47. The molecule has 0 aliphatic carbocycles. The van der Waals surface area contributed by atoms with Crippen molar-refractivity contribution in [3.8, 4) is 11.3 Å². The number of nitrogens with zero attached hydrogens (tertiary/aromatic N) is 7. The Kier molecular flexibility index (Phi) is 4.62. The van der Waals surface area contributed by atoms with Crippen molar-refractivity contribution >= 4 is 27.3 Å². The van der Waals surface area contributed by atoms with Crippen molar-refractivity contribution in [1.82, 2.24) is 34.1 Å². The lowest BCUT2D eigenvalue weighted by molar-refractivity contribution is 0.313. The van der Waals surface area contributed by atoms with E-state index >= 15 is 0 Å². The Morgan fingerprint density at radius 3 is 2.50 bits per heavy atom. The Bertz CT molecular complexity index is 1160. The molecule has 11 nitrogen and oxygen atoms in total. The lowest BCUT2D eigenvalue weighted by Crippen LogP contribution is -2.37. The monoisotopic (exact) mass is 431 g/mol. The van der Waals surface area contributed by atoms with Gasteiger partial charge in [0, 0.05) is 43.9 Å². The van der Waals surface area contributed by atoms with Crippen LogP contribution in [0.3, 0.4) is 0 Å². The highest BCUT2D eigenvalue weighted by atomic mass is 32.2. The number of nitrogens with one attached hydrogen (secondary N) is 1.